The summed E-state index contributed by atoms with van der Waals surface area (Å²) in [6.07, 6.45) is 2.20. The number of methoxy groups -OCH3 is 1. The van der Waals surface area contributed by atoms with Crippen LogP contribution in [-0.2, 0) is 4.79 Å². The molecule has 138 valence electrons. The third kappa shape index (κ3) is 4.65. The molecule has 0 spiro atoms. The number of halogens is 1. The molecule has 4 nitrogen and oxygen atoms in total. The van der Waals surface area contributed by atoms with Crippen LogP contribution in [0.4, 0.5) is 0 Å². The van der Waals surface area contributed by atoms with Crippen LogP contribution in [0.1, 0.15) is 43.0 Å². The van der Waals surface area contributed by atoms with Crippen LogP contribution in [0.25, 0.3) is 0 Å². The number of benzene rings is 2. The van der Waals surface area contributed by atoms with Crippen LogP contribution < -0.4 is 10.1 Å². The maximum absolute atomic E-state index is 12.5. The average molecular weight is 417 g/mol. The number of rotatable bonds is 6. The summed E-state index contributed by atoms with van der Waals surface area (Å²) < 4.78 is 6.28. The first kappa shape index (κ1) is 18.9. The minimum Gasteiger partial charge on any atom is -0.497 e. The number of hydrogen-bond acceptors (Lipinski definition) is 3. The van der Waals surface area contributed by atoms with Gasteiger partial charge in [0.15, 0.2) is 0 Å². The molecular weight excluding hydrogens is 392 g/mol. The molecule has 1 N–H and O–H groups in total. The van der Waals surface area contributed by atoms with Crippen LogP contribution in [-0.4, -0.2) is 31.0 Å². The van der Waals surface area contributed by atoms with E-state index in [2.05, 4.69) is 38.3 Å². The average Bonchev–Trinajstić information content (AvgIpc) is 3.10. The summed E-state index contributed by atoms with van der Waals surface area (Å²) >= 11 is 3.44. The Morgan fingerprint density at radius 2 is 1.92 bits per heavy atom. The highest BCUT2D eigenvalue weighted by Gasteiger charge is 2.27. The Hall–Kier alpha value is -1.85. The second-order valence-electron chi connectivity index (χ2n) is 6.74. The highest BCUT2D eigenvalue weighted by Crippen LogP contribution is 2.32. The van der Waals surface area contributed by atoms with Gasteiger partial charge in [-0.15, -0.1) is 0 Å². The normalized spacial score (nSPS) is 18.5. The van der Waals surface area contributed by atoms with Gasteiger partial charge in [0.1, 0.15) is 5.75 Å². The van der Waals surface area contributed by atoms with Crippen LogP contribution in [0.15, 0.2) is 53.0 Å². The molecule has 0 saturated carbocycles. The third-order valence-corrected chi connectivity index (χ3v) is 5.49. The van der Waals surface area contributed by atoms with E-state index in [0.717, 1.165) is 35.2 Å². The van der Waals surface area contributed by atoms with E-state index in [-0.39, 0.29) is 11.9 Å². The van der Waals surface area contributed by atoms with Crippen molar-refractivity contribution in [3.05, 3.63) is 64.1 Å². The van der Waals surface area contributed by atoms with Gasteiger partial charge >= 0.3 is 0 Å². The van der Waals surface area contributed by atoms with Gasteiger partial charge < -0.3 is 10.1 Å². The molecule has 0 aliphatic carbocycles. The Kier molecular flexibility index (Phi) is 6.33. The standard InChI is InChI=1S/C21H25BrN2O2/c1-15(16-5-9-18(22)10-6-16)23-21(25)14-24-13-3-4-20(24)17-7-11-19(26-2)12-8-17/h5-12,15,20H,3-4,13-14H2,1-2H3,(H,23,25). The zero-order valence-electron chi connectivity index (χ0n) is 15.2. The van der Waals surface area contributed by atoms with Crippen LogP contribution in [0.2, 0.25) is 0 Å². The van der Waals surface area contributed by atoms with Gasteiger partial charge in [0.05, 0.1) is 19.7 Å². The first-order chi connectivity index (χ1) is 12.6. The molecule has 2 atom stereocenters. The molecule has 26 heavy (non-hydrogen) atoms. The molecule has 1 aliphatic rings. The summed E-state index contributed by atoms with van der Waals surface area (Å²) in [5.74, 6) is 0.931. The van der Waals surface area contributed by atoms with Gasteiger partial charge in [-0.3, -0.25) is 9.69 Å². The van der Waals surface area contributed by atoms with Crippen LogP contribution >= 0.6 is 15.9 Å². The van der Waals surface area contributed by atoms with E-state index in [9.17, 15) is 4.79 Å². The third-order valence-electron chi connectivity index (χ3n) is 4.96. The van der Waals surface area contributed by atoms with Crippen molar-refractivity contribution in [1.29, 1.82) is 0 Å². The molecule has 0 aromatic heterocycles. The number of amides is 1. The van der Waals surface area contributed by atoms with E-state index >= 15 is 0 Å². The van der Waals surface area contributed by atoms with E-state index in [0.29, 0.717) is 12.6 Å². The van der Waals surface area contributed by atoms with Crippen molar-refractivity contribution in [2.45, 2.75) is 31.8 Å². The minimum absolute atomic E-state index is 0.00219. The second-order valence-corrected chi connectivity index (χ2v) is 7.66. The Bertz CT molecular complexity index is 731. The number of ether oxygens (including phenoxy) is 1. The van der Waals surface area contributed by atoms with Crippen molar-refractivity contribution >= 4 is 21.8 Å². The van der Waals surface area contributed by atoms with Crippen LogP contribution in [0.3, 0.4) is 0 Å². The lowest BCUT2D eigenvalue weighted by molar-refractivity contribution is -0.123. The largest absolute Gasteiger partial charge is 0.497 e. The van der Waals surface area contributed by atoms with Gasteiger partial charge in [0.2, 0.25) is 5.91 Å². The van der Waals surface area contributed by atoms with Crippen molar-refractivity contribution in [3.8, 4) is 5.75 Å². The maximum atomic E-state index is 12.5. The van der Waals surface area contributed by atoms with Crippen LogP contribution in [0.5, 0.6) is 5.75 Å². The fourth-order valence-electron chi connectivity index (χ4n) is 3.53. The summed E-state index contributed by atoms with van der Waals surface area (Å²) in [5, 5.41) is 3.12. The Morgan fingerprint density at radius 1 is 1.23 bits per heavy atom. The molecule has 2 unspecified atom stereocenters. The van der Waals surface area contributed by atoms with Crippen molar-refractivity contribution in [3.63, 3.8) is 0 Å². The molecule has 1 aliphatic heterocycles. The number of likely N-dealkylation sites (tertiary alicyclic amines) is 1. The van der Waals surface area contributed by atoms with Gasteiger partial charge in [-0.25, -0.2) is 0 Å². The minimum atomic E-state index is -0.00219. The monoisotopic (exact) mass is 416 g/mol. The molecule has 1 fully saturated rings. The van der Waals surface area contributed by atoms with Crippen molar-refractivity contribution in [1.82, 2.24) is 10.2 Å². The maximum Gasteiger partial charge on any atom is 0.234 e. The topological polar surface area (TPSA) is 41.6 Å². The fraction of sp³-hybridized carbons (Fsp3) is 0.381. The molecule has 0 radical (unpaired) electrons. The predicted molar refractivity (Wildman–Crippen MR) is 107 cm³/mol. The van der Waals surface area contributed by atoms with Gasteiger partial charge in [0, 0.05) is 10.5 Å². The number of carbonyl (C=O) groups is 1. The quantitative estimate of drug-likeness (QED) is 0.754. The van der Waals surface area contributed by atoms with Crippen molar-refractivity contribution in [2.24, 2.45) is 0 Å². The molecule has 3 rings (SSSR count). The molecular formula is C21H25BrN2O2. The van der Waals surface area contributed by atoms with Gasteiger partial charge in [-0.05, 0) is 61.7 Å². The summed E-state index contributed by atoms with van der Waals surface area (Å²) in [7, 11) is 1.67. The highest BCUT2D eigenvalue weighted by molar-refractivity contribution is 9.10. The highest BCUT2D eigenvalue weighted by atomic mass is 79.9. The van der Waals surface area contributed by atoms with Gasteiger partial charge in [-0.1, -0.05) is 40.2 Å². The molecule has 2 aromatic carbocycles. The first-order valence-corrected chi connectivity index (χ1v) is 9.79. The number of hydrogen-bond donors (Lipinski definition) is 1. The fourth-order valence-corrected chi connectivity index (χ4v) is 3.79. The summed E-state index contributed by atoms with van der Waals surface area (Å²) in [6.45, 7) is 3.40. The zero-order chi connectivity index (χ0) is 18.5. The number of nitrogens with one attached hydrogen (secondary N) is 1. The Morgan fingerprint density at radius 3 is 2.58 bits per heavy atom. The van der Waals surface area contributed by atoms with Gasteiger partial charge in [0.25, 0.3) is 0 Å². The van der Waals surface area contributed by atoms with Crippen molar-refractivity contribution < 1.29 is 9.53 Å². The van der Waals surface area contributed by atoms with Crippen molar-refractivity contribution in [2.75, 3.05) is 20.2 Å². The molecule has 5 heteroatoms. The lowest BCUT2D eigenvalue weighted by Crippen LogP contribution is -2.38. The Labute approximate surface area is 163 Å². The Balaban J connectivity index is 1.59. The van der Waals surface area contributed by atoms with E-state index in [1.807, 2.05) is 43.3 Å². The van der Waals surface area contributed by atoms with E-state index in [1.165, 1.54) is 5.56 Å². The van der Waals surface area contributed by atoms with Gasteiger partial charge in [-0.2, -0.15) is 0 Å². The SMILES string of the molecule is COc1ccc(C2CCCN2CC(=O)NC(C)c2ccc(Br)cc2)cc1. The molecule has 2 aromatic rings. The summed E-state index contributed by atoms with van der Waals surface area (Å²) in [4.78, 5) is 14.8. The summed E-state index contributed by atoms with van der Waals surface area (Å²) in [6, 6.07) is 16.5. The molecule has 1 heterocycles. The first-order valence-electron chi connectivity index (χ1n) is 8.99. The lowest BCUT2D eigenvalue weighted by atomic mass is 10.0. The lowest BCUT2D eigenvalue weighted by Gasteiger charge is -2.25. The van der Waals surface area contributed by atoms with E-state index in [1.54, 1.807) is 7.11 Å². The molecule has 1 amide bonds. The predicted octanol–water partition coefficient (Wildman–Crippen LogP) is 4.47. The van der Waals surface area contributed by atoms with E-state index < -0.39 is 0 Å². The van der Waals surface area contributed by atoms with E-state index in [4.69, 9.17) is 4.74 Å². The summed E-state index contributed by atoms with van der Waals surface area (Å²) in [5.41, 5.74) is 2.35. The number of nitrogens with zero attached hydrogens (tertiary/aromatic N) is 1. The number of carbonyl (C=O) groups excluding carboxylic acids is 1. The zero-order valence-corrected chi connectivity index (χ0v) is 16.8. The smallest absolute Gasteiger partial charge is 0.234 e. The van der Waals surface area contributed by atoms with Crippen LogP contribution in [0, 0.1) is 0 Å². The molecule has 1 saturated heterocycles. The second kappa shape index (κ2) is 8.69. The molecule has 0 bridgehead atoms.